The predicted molar refractivity (Wildman–Crippen MR) is 148 cm³/mol. The Hall–Kier alpha value is -1.22. The van der Waals surface area contributed by atoms with Crippen molar-refractivity contribution in [1.82, 2.24) is 4.90 Å². The minimum Gasteiger partial charge on any atom is -0.463 e. The highest BCUT2D eigenvalue weighted by atomic mass is 16.6. The van der Waals surface area contributed by atoms with Crippen molar-refractivity contribution in [3.8, 4) is 0 Å². The van der Waals surface area contributed by atoms with E-state index in [9.17, 15) is 9.59 Å². The zero-order chi connectivity index (χ0) is 27.2. The summed E-state index contributed by atoms with van der Waals surface area (Å²) in [4.78, 5) is 26.9. The Morgan fingerprint density at radius 1 is 0.541 bits per heavy atom. The van der Waals surface area contributed by atoms with E-state index in [1.54, 1.807) is 7.11 Å². The summed E-state index contributed by atoms with van der Waals surface area (Å²) < 4.78 is 26.2. The number of hydrogen-bond donors (Lipinski definition) is 0. The van der Waals surface area contributed by atoms with E-state index < -0.39 is 0 Å². The number of unbranched alkanes of at least 4 members (excludes halogenated alkanes) is 10. The second-order valence-corrected chi connectivity index (χ2v) is 9.47. The molecule has 8 heteroatoms. The standard InChI is InChI=1S/C29H57NO7/c1-4-6-8-10-12-14-18-30(19-15-13-11-9-7-5-2)28(31)16-17-29(32)37-27-26-36-25-24-35-23-22-34-21-20-33-3/h4-27H2,1-3H3. The van der Waals surface area contributed by atoms with E-state index in [-0.39, 0.29) is 31.3 Å². The van der Waals surface area contributed by atoms with Crippen LogP contribution in [0.5, 0.6) is 0 Å². The second-order valence-electron chi connectivity index (χ2n) is 9.47. The monoisotopic (exact) mass is 531 g/mol. The summed E-state index contributed by atoms with van der Waals surface area (Å²) >= 11 is 0. The first kappa shape index (κ1) is 35.8. The molecule has 0 aromatic carbocycles. The van der Waals surface area contributed by atoms with Gasteiger partial charge in [0.15, 0.2) is 0 Å². The number of methoxy groups -OCH3 is 1. The smallest absolute Gasteiger partial charge is 0.306 e. The molecule has 0 aliphatic heterocycles. The van der Waals surface area contributed by atoms with Crippen LogP contribution in [0.3, 0.4) is 0 Å². The van der Waals surface area contributed by atoms with Crippen LogP contribution in [0.1, 0.15) is 104 Å². The van der Waals surface area contributed by atoms with Crippen LogP contribution in [-0.4, -0.2) is 89.8 Å². The van der Waals surface area contributed by atoms with Crippen LogP contribution in [0.25, 0.3) is 0 Å². The fourth-order valence-corrected chi connectivity index (χ4v) is 3.87. The van der Waals surface area contributed by atoms with Gasteiger partial charge in [-0.05, 0) is 12.8 Å². The number of rotatable bonds is 29. The van der Waals surface area contributed by atoms with Crippen molar-refractivity contribution in [2.24, 2.45) is 0 Å². The lowest BCUT2D eigenvalue weighted by Crippen LogP contribution is -2.33. The average molecular weight is 532 g/mol. The number of esters is 1. The van der Waals surface area contributed by atoms with Crippen LogP contribution in [0.15, 0.2) is 0 Å². The van der Waals surface area contributed by atoms with Gasteiger partial charge >= 0.3 is 5.97 Å². The molecule has 0 aromatic heterocycles. The van der Waals surface area contributed by atoms with Gasteiger partial charge in [-0.25, -0.2) is 0 Å². The second kappa shape index (κ2) is 29.3. The number of ether oxygens (including phenoxy) is 5. The summed E-state index contributed by atoms with van der Waals surface area (Å²) in [5, 5.41) is 0. The number of amides is 1. The molecule has 0 N–H and O–H groups in total. The van der Waals surface area contributed by atoms with Crippen LogP contribution in [0.4, 0.5) is 0 Å². The highest BCUT2D eigenvalue weighted by Crippen LogP contribution is 2.11. The normalized spacial score (nSPS) is 11.1. The lowest BCUT2D eigenvalue weighted by Gasteiger charge is -2.23. The highest BCUT2D eigenvalue weighted by molar-refractivity contribution is 5.81. The summed E-state index contributed by atoms with van der Waals surface area (Å²) in [6.45, 7) is 9.59. The third-order valence-corrected chi connectivity index (χ3v) is 6.13. The van der Waals surface area contributed by atoms with Gasteiger partial charge in [0, 0.05) is 26.6 Å². The lowest BCUT2D eigenvalue weighted by molar-refractivity contribution is -0.147. The Morgan fingerprint density at radius 3 is 1.46 bits per heavy atom. The molecule has 220 valence electrons. The minimum atomic E-state index is -0.347. The summed E-state index contributed by atoms with van der Waals surface area (Å²) in [6, 6.07) is 0. The van der Waals surface area contributed by atoms with E-state index in [1.807, 2.05) is 4.90 Å². The van der Waals surface area contributed by atoms with Gasteiger partial charge in [-0.1, -0.05) is 78.1 Å². The molecule has 0 aliphatic carbocycles. The average Bonchev–Trinajstić information content (AvgIpc) is 2.90. The van der Waals surface area contributed by atoms with Gasteiger partial charge in [-0.15, -0.1) is 0 Å². The molecular formula is C29H57NO7. The fraction of sp³-hybridized carbons (Fsp3) is 0.931. The van der Waals surface area contributed by atoms with Crippen molar-refractivity contribution in [2.45, 2.75) is 104 Å². The van der Waals surface area contributed by atoms with Crippen LogP contribution in [0.2, 0.25) is 0 Å². The van der Waals surface area contributed by atoms with E-state index in [2.05, 4.69) is 13.8 Å². The van der Waals surface area contributed by atoms with Crippen molar-refractivity contribution in [2.75, 3.05) is 73.1 Å². The van der Waals surface area contributed by atoms with Crippen molar-refractivity contribution >= 4 is 11.9 Å². The summed E-state index contributed by atoms with van der Waals surface area (Å²) in [5.41, 5.74) is 0. The molecule has 0 saturated heterocycles. The van der Waals surface area contributed by atoms with Crippen LogP contribution in [-0.2, 0) is 33.3 Å². The maximum Gasteiger partial charge on any atom is 0.306 e. The van der Waals surface area contributed by atoms with E-state index in [1.165, 1.54) is 51.4 Å². The maximum absolute atomic E-state index is 12.8. The summed E-state index contributed by atoms with van der Waals surface area (Å²) in [6.07, 6.45) is 14.8. The Bertz CT molecular complexity index is 489. The van der Waals surface area contributed by atoms with Gasteiger partial charge in [0.05, 0.1) is 52.7 Å². The quantitative estimate of drug-likeness (QED) is 0.0923. The van der Waals surface area contributed by atoms with Crippen LogP contribution >= 0.6 is 0 Å². The van der Waals surface area contributed by atoms with Gasteiger partial charge in [0.25, 0.3) is 0 Å². The Morgan fingerprint density at radius 2 is 0.973 bits per heavy atom. The zero-order valence-electron chi connectivity index (χ0n) is 24.3. The molecule has 0 spiro atoms. The summed E-state index contributed by atoms with van der Waals surface area (Å²) in [5.74, 6) is -0.279. The molecule has 1 amide bonds. The number of carbonyl (C=O) groups is 2. The van der Waals surface area contributed by atoms with E-state index in [0.717, 1.165) is 38.8 Å². The predicted octanol–water partition coefficient (Wildman–Crippen LogP) is 5.56. The van der Waals surface area contributed by atoms with Crippen molar-refractivity contribution < 1.29 is 33.3 Å². The number of nitrogens with zero attached hydrogens (tertiary/aromatic N) is 1. The number of hydrogen-bond acceptors (Lipinski definition) is 7. The molecule has 0 fully saturated rings. The number of carbonyl (C=O) groups excluding carboxylic acids is 2. The van der Waals surface area contributed by atoms with Crippen LogP contribution < -0.4 is 0 Å². The molecule has 0 saturated carbocycles. The first-order valence-electron chi connectivity index (χ1n) is 14.8. The molecule has 0 aliphatic rings. The molecule has 0 unspecified atom stereocenters. The highest BCUT2D eigenvalue weighted by Gasteiger charge is 2.15. The van der Waals surface area contributed by atoms with E-state index in [0.29, 0.717) is 46.2 Å². The van der Waals surface area contributed by atoms with Crippen LogP contribution in [0, 0.1) is 0 Å². The van der Waals surface area contributed by atoms with Gasteiger partial charge < -0.3 is 28.6 Å². The molecule has 0 rings (SSSR count). The van der Waals surface area contributed by atoms with Crippen molar-refractivity contribution in [3.63, 3.8) is 0 Å². The van der Waals surface area contributed by atoms with Crippen molar-refractivity contribution in [1.29, 1.82) is 0 Å². The molecule has 37 heavy (non-hydrogen) atoms. The lowest BCUT2D eigenvalue weighted by atomic mass is 10.1. The van der Waals surface area contributed by atoms with Crippen molar-refractivity contribution in [3.05, 3.63) is 0 Å². The fourth-order valence-electron chi connectivity index (χ4n) is 3.87. The first-order valence-corrected chi connectivity index (χ1v) is 14.8. The third-order valence-electron chi connectivity index (χ3n) is 6.13. The zero-order valence-corrected chi connectivity index (χ0v) is 24.3. The van der Waals surface area contributed by atoms with Gasteiger partial charge in [-0.3, -0.25) is 9.59 Å². The minimum absolute atomic E-state index is 0.0682. The Kier molecular flexibility index (Phi) is 28.4. The Balaban J connectivity index is 3.97. The molecular weight excluding hydrogens is 474 g/mol. The summed E-state index contributed by atoms with van der Waals surface area (Å²) in [7, 11) is 1.64. The van der Waals surface area contributed by atoms with Gasteiger partial charge in [0.2, 0.25) is 5.91 Å². The Labute approximate surface area is 227 Å². The molecule has 0 radical (unpaired) electrons. The topological polar surface area (TPSA) is 83.5 Å². The molecule has 0 heterocycles. The SMILES string of the molecule is CCCCCCCCN(CCCCCCCC)C(=O)CCC(=O)OCCOCCOCCOCCOC. The van der Waals surface area contributed by atoms with Gasteiger partial charge in [0.1, 0.15) is 6.61 Å². The molecule has 0 aromatic rings. The van der Waals surface area contributed by atoms with E-state index >= 15 is 0 Å². The first-order chi connectivity index (χ1) is 18.2. The van der Waals surface area contributed by atoms with Gasteiger partial charge in [-0.2, -0.15) is 0 Å². The van der Waals surface area contributed by atoms with E-state index in [4.69, 9.17) is 23.7 Å². The maximum atomic E-state index is 12.8. The third kappa shape index (κ3) is 26.2. The molecule has 0 bridgehead atoms. The molecule has 8 nitrogen and oxygen atoms in total. The largest absolute Gasteiger partial charge is 0.463 e. The molecule has 0 atom stereocenters.